The van der Waals surface area contributed by atoms with Crippen molar-refractivity contribution in [1.82, 2.24) is 4.90 Å². The van der Waals surface area contributed by atoms with Gasteiger partial charge in [0.1, 0.15) is 5.82 Å². The van der Waals surface area contributed by atoms with Crippen molar-refractivity contribution in [3.63, 3.8) is 0 Å². The fraction of sp³-hybridized carbons (Fsp3) is 0.571. The smallest absolute Gasteiger partial charge is 0.223 e. The van der Waals surface area contributed by atoms with E-state index in [1.54, 1.807) is 36.9 Å². The van der Waals surface area contributed by atoms with Crippen LogP contribution in [0.1, 0.15) is 36.8 Å². The predicted octanol–water partition coefficient (Wildman–Crippen LogP) is 3.09. The minimum absolute atomic E-state index is 0.0418. The van der Waals surface area contributed by atoms with Crippen molar-refractivity contribution >= 4 is 17.7 Å². The quantitative estimate of drug-likeness (QED) is 0.447. The summed E-state index contributed by atoms with van der Waals surface area (Å²) in [6, 6.07) is 4.92. The summed E-state index contributed by atoms with van der Waals surface area (Å²) < 4.78 is 13.3. The molecule has 150 valence electrons. The number of nitrogens with zero attached hydrogens (tertiary/aromatic N) is 1. The number of aliphatic hydroxyl groups is 2. The molecule has 0 bridgehead atoms. The number of rotatable bonds is 11. The molecule has 1 aromatic carbocycles. The van der Waals surface area contributed by atoms with Crippen LogP contribution in [-0.4, -0.2) is 57.8 Å². The highest BCUT2D eigenvalue weighted by atomic mass is 32.2. The fourth-order valence-corrected chi connectivity index (χ4v) is 4.17. The van der Waals surface area contributed by atoms with Gasteiger partial charge in [0.05, 0.1) is 12.1 Å². The van der Waals surface area contributed by atoms with Crippen LogP contribution in [0.2, 0.25) is 0 Å². The van der Waals surface area contributed by atoms with E-state index in [4.69, 9.17) is 5.11 Å². The number of aliphatic hydroxyl groups excluding tert-OH is 2. The maximum absolute atomic E-state index is 13.3. The lowest BCUT2D eigenvalue weighted by Crippen LogP contribution is -2.34. The van der Waals surface area contributed by atoms with Gasteiger partial charge in [-0.05, 0) is 49.1 Å². The molecule has 1 fully saturated rings. The Kier molecular flexibility index (Phi) is 9.31. The zero-order valence-electron chi connectivity index (χ0n) is 15.9. The molecule has 2 atom stereocenters. The number of benzene rings is 1. The third kappa shape index (κ3) is 7.28. The summed E-state index contributed by atoms with van der Waals surface area (Å²) in [7, 11) is 0. The van der Waals surface area contributed by atoms with Crippen LogP contribution in [0, 0.1) is 12.7 Å². The van der Waals surface area contributed by atoms with Crippen LogP contribution in [0.3, 0.4) is 0 Å². The van der Waals surface area contributed by atoms with Crippen molar-refractivity contribution in [2.24, 2.45) is 0 Å². The summed E-state index contributed by atoms with van der Waals surface area (Å²) in [4.78, 5) is 14.0. The predicted molar refractivity (Wildman–Crippen MR) is 108 cm³/mol. The summed E-state index contributed by atoms with van der Waals surface area (Å²) >= 11 is 1.80. The first-order chi connectivity index (χ1) is 13.0. The van der Waals surface area contributed by atoms with Crippen molar-refractivity contribution < 1.29 is 19.4 Å². The van der Waals surface area contributed by atoms with E-state index in [1.165, 1.54) is 6.07 Å². The molecule has 0 aromatic heterocycles. The molecular formula is C21H30FNO3S. The van der Waals surface area contributed by atoms with Gasteiger partial charge in [-0.2, -0.15) is 11.8 Å². The molecule has 1 saturated heterocycles. The topological polar surface area (TPSA) is 60.8 Å². The van der Waals surface area contributed by atoms with E-state index in [-0.39, 0.29) is 24.4 Å². The highest BCUT2D eigenvalue weighted by Crippen LogP contribution is 2.21. The molecule has 1 aliphatic rings. The Bertz CT molecular complexity index is 638. The normalized spacial score (nSPS) is 18.6. The van der Waals surface area contributed by atoms with Crippen molar-refractivity contribution in [3.05, 3.63) is 47.3 Å². The van der Waals surface area contributed by atoms with E-state index in [9.17, 15) is 14.3 Å². The standard InChI is InChI=1S/C21H30FNO3S/c1-16-14-17(4-8-20(16)22)15-19(25)7-5-18-6-9-21(26)23(18)10-13-27-12-3-2-11-24/h4-5,7-8,14,18-19,24-25H,2-3,6,9-13,15H2,1H3/b7-5+/t18-,19+/m0/s1. The number of thioether (sulfide) groups is 1. The second-order valence-electron chi connectivity index (χ2n) is 6.98. The summed E-state index contributed by atoms with van der Waals surface area (Å²) in [5.41, 5.74) is 1.47. The highest BCUT2D eigenvalue weighted by molar-refractivity contribution is 7.99. The van der Waals surface area contributed by atoms with E-state index in [0.29, 0.717) is 24.9 Å². The number of hydrogen-bond acceptors (Lipinski definition) is 4. The first-order valence-electron chi connectivity index (χ1n) is 9.60. The second-order valence-corrected chi connectivity index (χ2v) is 8.20. The Hall–Kier alpha value is -1.37. The van der Waals surface area contributed by atoms with E-state index < -0.39 is 6.10 Å². The molecule has 1 amide bonds. The zero-order chi connectivity index (χ0) is 19.6. The van der Waals surface area contributed by atoms with Crippen LogP contribution < -0.4 is 0 Å². The van der Waals surface area contributed by atoms with Gasteiger partial charge in [-0.25, -0.2) is 4.39 Å². The average molecular weight is 396 g/mol. The Morgan fingerprint density at radius 3 is 2.93 bits per heavy atom. The van der Waals surface area contributed by atoms with Gasteiger partial charge in [0.2, 0.25) is 5.91 Å². The number of carbonyl (C=O) groups is 1. The van der Waals surface area contributed by atoms with Gasteiger partial charge in [-0.1, -0.05) is 24.3 Å². The maximum Gasteiger partial charge on any atom is 0.223 e. The van der Waals surface area contributed by atoms with Gasteiger partial charge in [-0.15, -0.1) is 0 Å². The molecule has 0 radical (unpaired) electrons. The highest BCUT2D eigenvalue weighted by Gasteiger charge is 2.28. The third-order valence-corrected chi connectivity index (χ3v) is 5.82. The first kappa shape index (κ1) is 21.9. The lowest BCUT2D eigenvalue weighted by Gasteiger charge is -2.22. The largest absolute Gasteiger partial charge is 0.396 e. The van der Waals surface area contributed by atoms with Gasteiger partial charge in [0.15, 0.2) is 0 Å². The minimum Gasteiger partial charge on any atom is -0.396 e. The number of amides is 1. The number of carbonyl (C=O) groups excluding carboxylic acids is 1. The zero-order valence-corrected chi connectivity index (χ0v) is 16.8. The molecular weight excluding hydrogens is 365 g/mol. The van der Waals surface area contributed by atoms with Crippen LogP contribution in [-0.2, 0) is 11.2 Å². The lowest BCUT2D eigenvalue weighted by molar-refractivity contribution is -0.128. The molecule has 1 aliphatic heterocycles. The fourth-order valence-electron chi connectivity index (χ4n) is 3.23. The third-order valence-electron chi connectivity index (χ3n) is 4.77. The summed E-state index contributed by atoms with van der Waals surface area (Å²) in [5.74, 6) is 1.82. The number of halogens is 1. The Morgan fingerprint density at radius 2 is 2.19 bits per heavy atom. The van der Waals surface area contributed by atoms with Crippen LogP contribution in [0.5, 0.6) is 0 Å². The van der Waals surface area contributed by atoms with Crippen molar-refractivity contribution in [1.29, 1.82) is 0 Å². The monoisotopic (exact) mass is 395 g/mol. The van der Waals surface area contributed by atoms with Crippen molar-refractivity contribution in [2.75, 3.05) is 24.7 Å². The summed E-state index contributed by atoms with van der Waals surface area (Å²) in [6.45, 7) is 2.66. The molecule has 6 heteroatoms. The molecule has 0 saturated carbocycles. The molecule has 2 rings (SSSR count). The van der Waals surface area contributed by atoms with E-state index >= 15 is 0 Å². The van der Waals surface area contributed by atoms with Crippen LogP contribution >= 0.6 is 11.8 Å². The van der Waals surface area contributed by atoms with Crippen molar-refractivity contribution in [3.8, 4) is 0 Å². The Labute approximate surface area is 165 Å². The molecule has 1 heterocycles. The van der Waals surface area contributed by atoms with Gasteiger partial charge >= 0.3 is 0 Å². The Balaban J connectivity index is 1.80. The Morgan fingerprint density at radius 1 is 1.37 bits per heavy atom. The van der Waals surface area contributed by atoms with E-state index in [2.05, 4.69) is 0 Å². The average Bonchev–Trinajstić information content (AvgIpc) is 2.99. The van der Waals surface area contributed by atoms with Crippen LogP contribution in [0.25, 0.3) is 0 Å². The van der Waals surface area contributed by atoms with Gasteiger partial charge in [0, 0.05) is 31.7 Å². The molecule has 2 N–H and O–H groups in total. The molecule has 0 unspecified atom stereocenters. The maximum atomic E-state index is 13.3. The van der Waals surface area contributed by atoms with Gasteiger partial charge in [0.25, 0.3) is 0 Å². The van der Waals surface area contributed by atoms with Crippen LogP contribution in [0.4, 0.5) is 4.39 Å². The minimum atomic E-state index is -0.653. The number of likely N-dealkylation sites (tertiary alicyclic amines) is 1. The lowest BCUT2D eigenvalue weighted by atomic mass is 10.0. The first-order valence-corrected chi connectivity index (χ1v) is 10.8. The number of hydrogen-bond donors (Lipinski definition) is 2. The second kappa shape index (κ2) is 11.5. The van der Waals surface area contributed by atoms with Crippen LogP contribution in [0.15, 0.2) is 30.4 Å². The molecule has 27 heavy (non-hydrogen) atoms. The number of aryl methyl sites for hydroxylation is 1. The van der Waals surface area contributed by atoms with E-state index in [0.717, 1.165) is 36.3 Å². The summed E-state index contributed by atoms with van der Waals surface area (Å²) in [6.07, 6.45) is 6.62. The molecule has 0 spiro atoms. The molecule has 4 nitrogen and oxygen atoms in total. The number of unbranched alkanes of at least 4 members (excludes halogenated alkanes) is 1. The summed E-state index contributed by atoms with van der Waals surface area (Å²) in [5, 5.41) is 19.0. The van der Waals surface area contributed by atoms with Gasteiger partial charge in [-0.3, -0.25) is 4.79 Å². The SMILES string of the molecule is Cc1cc(C[C@H](O)/C=C/[C@H]2CCC(=O)N2CCSCCCCO)ccc1F. The molecule has 1 aromatic rings. The van der Waals surface area contributed by atoms with Crippen molar-refractivity contribution in [2.45, 2.75) is 51.2 Å². The van der Waals surface area contributed by atoms with E-state index in [1.807, 2.05) is 11.0 Å². The molecule has 0 aliphatic carbocycles. The van der Waals surface area contributed by atoms with Gasteiger partial charge < -0.3 is 15.1 Å².